The minimum Gasteiger partial charge on any atom is -0.382 e. The van der Waals surface area contributed by atoms with E-state index in [0.717, 1.165) is 56.3 Å². The van der Waals surface area contributed by atoms with E-state index in [1.54, 1.807) is 0 Å². The molecule has 28 heavy (non-hydrogen) atoms. The van der Waals surface area contributed by atoms with E-state index < -0.39 is 0 Å². The van der Waals surface area contributed by atoms with Gasteiger partial charge in [0.15, 0.2) is 11.8 Å². The Bertz CT molecular complexity index is 596. The van der Waals surface area contributed by atoms with Crippen LogP contribution in [0.25, 0.3) is 0 Å². The summed E-state index contributed by atoms with van der Waals surface area (Å²) in [4.78, 5) is 4.75. The first-order valence-corrected chi connectivity index (χ1v) is 10.4. The molecule has 0 spiro atoms. The van der Waals surface area contributed by atoms with Crippen molar-refractivity contribution >= 4 is 29.9 Å². The standard InChI is InChI=1S/C20H38N6O.HI/c1-6-27-13-9-12-21-19(22-14-18-25-24-16(2)26(18)5)23-15-20(3,4)17-10-7-8-11-17;/h17H,6-15H2,1-5H3,(H2,21,22,23);1H. The fourth-order valence-electron chi connectivity index (χ4n) is 3.60. The fraction of sp³-hybridized carbons (Fsp3) is 0.850. The predicted octanol–water partition coefficient (Wildman–Crippen LogP) is 3.42. The Kier molecular flexibility index (Phi) is 11.3. The van der Waals surface area contributed by atoms with Crippen LogP contribution in [-0.4, -0.2) is 47.0 Å². The van der Waals surface area contributed by atoms with Gasteiger partial charge in [0.05, 0.1) is 0 Å². The second kappa shape index (κ2) is 12.6. The number of aromatic nitrogens is 3. The van der Waals surface area contributed by atoms with Gasteiger partial charge in [0, 0.05) is 33.4 Å². The molecule has 0 radical (unpaired) electrons. The summed E-state index contributed by atoms with van der Waals surface area (Å²) in [5, 5.41) is 15.3. The van der Waals surface area contributed by atoms with E-state index in [2.05, 4.69) is 34.7 Å². The van der Waals surface area contributed by atoms with Crippen LogP contribution in [0.5, 0.6) is 0 Å². The molecule has 1 aliphatic rings. The lowest BCUT2D eigenvalue weighted by molar-refractivity contribution is 0.145. The Morgan fingerprint density at radius 3 is 2.57 bits per heavy atom. The monoisotopic (exact) mass is 506 g/mol. The molecule has 2 rings (SSSR count). The van der Waals surface area contributed by atoms with E-state index in [-0.39, 0.29) is 29.4 Å². The maximum Gasteiger partial charge on any atom is 0.191 e. The number of guanidine groups is 1. The van der Waals surface area contributed by atoms with Crippen molar-refractivity contribution in [2.45, 2.75) is 66.3 Å². The Morgan fingerprint density at radius 1 is 1.25 bits per heavy atom. The molecule has 1 heterocycles. The average Bonchev–Trinajstić information content (AvgIpc) is 3.29. The molecule has 1 saturated carbocycles. The summed E-state index contributed by atoms with van der Waals surface area (Å²) >= 11 is 0. The molecule has 0 unspecified atom stereocenters. The second-order valence-electron chi connectivity index (χ2n) is 8.19. The molecule has 1 aromatic rings. The average molecular weight is 506 g/mol. The van der Waals surface area contributed by atoms with E-state index in [0.29, 0.717) is 6.54 Å². The third kappa shape index (κ3) is 7.85. The molecular formula is C20H39IN6O. The third-order valence-corrected chi connectivity index (χ3v) is 5.70. The van der Waals surface area contributed by atoms with Gasteiger partial charge < -0.3 is 19.9 Å². The van der Waals surface area contributed by atoms with Gasteiger partial charge in [-0.3, -0.25) is 0 Å². The zero-order valence-corrected chi connectivity index (χ0v) is 20.6. The van der Waals surface area contributed by atoms with Crippen LogP contribution in [-0.2, 0) is 18.3 Å². The summed E-state index contributed by atoms with van der Waals surface area (Å²) < 4.78 is 7.41. The number of hydrogen-bond donors (Lipinski definition) is 2. The van der Waals surface area contributed by atoms with Crippen LogP contribution < -0.4 is 10.6 Å². The van der Waals surface area contributed by atoms with Crippen molar-refractivity contribution in [2.24, 2.45) is 23.4 Å². The normalized spacial score (nSPS) is 15.5. The Hall–Kier alpha value is -0.900. The van der Waals surface area contributed by atoms with Crippen molar-refractivity contribution in [3.63, 3.8) is 0 Å². The first kappa shape index (κ1) is 25.1. The van der Waals surface area contributed by atoms with Crippen LogP contribution in [0.2, 0.25) is 0 Å². The van der Waals surface area contributed by atoms with E-state index in [4.69, 9.17) is 9.73 Å². The quantitative estimate of drug-likeness (QED) is 0.220. The van der Waals surface area contributed by atoms with Crippen molar-refractivity contribution in [1.82, 2.24) is 25.4 Å². The summed E-state index contributed by atoms with van der Waals surface area (Å²) in [6.07, 6.45) is 6.40. The highest BCUT2D eigenvalue weighted by molar-refractivity contribution is 14.0. The van der Waals surface area contributed by atoms with Crippen LogP contribution >= 0.6 is 24.0 Å². The summed E-state index contributed by atoms with van der Waals surface area (Å²) in [5.74, 6) is 3.42. The topological polar surface area (TPSA) is 76.4 Å². The number of aliphatic imine (C=N–C) groups is 1. The highest BCUT2D eigenvalue weighted by atomic mass is 127. The maximum absolute atomic E-state index is 5.42. The van der Waals surface area contributed by atoms with Crippen molar-refractivity contribution in [3.8, 4) is 0 Å². The van der Waals surface area contributed by atoms with Gasteiger partial charge in [-0.15, -0.1) is 34.2 Å². The van der Waals surface area contributed by atoms with Gasteiger partial charge in [-0.2, -0.15) is 0 Å². The molecule has 7 nitrogen and oxygen atoms in total. The van der Waals surface area contributed by atoms with Crippen LogP contribution in [0.4, 0.5) is 0 Å². The first-order valence-electron chi connectivity index (χ1n) is 10.4. The summed E-state index contributed by atoms with van der Waals surface area (Å²) in [6.45, 7) is 12.5. The Morgan fingerprint density at radius 2 is 1.96 bits per heavy atom. The molecule has 0 aromatic carbocycles. The lowest BCUT2D eigenvalue weighted by Gasteiger charge is -2.32. The zero-order chi connectivity index (χ0) is 19.7. The summed E-state index contributed by atoms with van der Waals surface area (Å²) in [6, 6.07) is 0. The second-order valence-corrected chi connectivity index (χ2v) is 8.19. The van der Waals surface area contributed by atoms with Gasteiger partial charge in [0.1, 0.15) is 12.4 Å². The van der Waals surface area contributed by atoms with E-state index in [1.165, 1.54) is 25.7 Å². The van der Waals surface area contributed by atoms with Crippen LogP contribution in [0.1, 0.15) is 64.5 Å². The van der Waals surface area contributed by atoms with E-state index in [9.17, 15) is 0 Å². The van der Waals surface area contributed by atoms with Gasteiger partial charge in [-0.05, 0) is 44.4 Å². The van der Waals surface area contributed by atoms with Crippen molar-refractivity contribution < 1.29 is 4.74 Å². The molecule has 1 aromatic heterocycles. The zero-order valence-electron chi connectivity index (χ0n) is 18.3. The smallest absolute Gasteiger partial charge is 0.191 e. The van der Waals surface area contributed by atoms with Crippen LogP contribution in [0.3, 0.4) is 0 Å². The number of aryl methyl sites for hydroxylation is 1. The molecule has 1 aliphatic carbocycles. The number of ether oxygens (including phenoxy) is 1. The molecule has 0 atom stereocenters. The maximum atomic E-state index is 5.42. The number of nitrogens with zero attached hydrogens (tertiary/aromatic N) is 4. The summed E-state index contributed by atoms with van der Waals surface area (Å²) in [7, 11) is 1.98. The van der Waals surface area contributed by atoms with E-state index >= 15 is 0 Å². The molecule has 162 valence electrons. The highest BCUT2D eigenvalue weighted by Gasteiger charge is 2.31. The Labute approximate surface area is 187 Å². The molecule has 0 bridgehead atoms. The van der Waals surface area contributed by atoms with Crippen LogP contribution in [0, 0.1) is 18.3 Å². The molecule has 0 aliphatic heterocycles. The van der Waals surface area contributed by atoms with Crippen LogP contribution in [0.15, 0.2) is 4.99 Å². The van der Waals surface area contributed by atoms with Gasteiger partial charge in [0.25, 0.3) is 0 Å². The highest BCUT2D eigenvalue weighted by Crippen LogP contribution is 2.38. The van der Waals surface area contributed by atoms with Gasteiger partial charge in [-0.25, -0.2) is 4.99 Å². The first-order chi connectivity index (χ1) is 12.9. The number of hydrogen-bond acceptors (Lipinski definition) is 4. The van der Waals surface area contributed by atoms with Gasteiger partial charge in [-0.1, -0.05) is 26.7 Å². The SMILES string of the molecule is CCOCCCNC(=NCc1nnc(C)n1C)NCC(C)(C)C1CCCC1.I. The number of nitrogens with one attached hydrogen (secondary N) is 2. The molecule has 2 N–H and O–H groups in total. The molecule has 0 saturated heterocycles. The largest absolute Gasteiger partial charge is 0.382 e. The lowest BCUT2D eigenvalue weighted by Crippen LogP contribution is -2.44. The van der Waals surface area contributed by atoms with Crippen molar-refractivity contribution in [2.75, 3.05) is 26.3 Å². The van der Waals surface area contributed by atoms with E-state index in [1.807, 2.05) is 25.5 Å². The Balaban J connectivity index is 0.00000392. The van der Waals surface area contributed by atoms with Gasteiger partial charge in [0.2, 0.25) is 0 Å². The summed E-state index contributed by atoms with van der Waals surface area (Å²) in [5.41, 5.74) is 0.269. The fourth-order valence-corrected chi connectivity index (χ4v) is 3.60. The van der Waals surface area contributed by atoms with Crippen molar-refractivity contribution in [1.29, 1.82) is 0 Å². The predicted molar refractivity (Wildman–Crippen MR) is 125 cm³/mol. The lowest BCUT2D eigenvalue weighted by atomic mass is 9.78. The number of halogens is 1. The van der Waals surface area contributed by atoms with Gasteiger partial charge >= 0.3 is 0 Å². The molecular weight excluding hydrogens is 467 g/mol. The van der Waals surface area contributed by atoms with Crippen molar-refractivity contribution in [3.05, 3.63) is 11.6 Å². The molecule has 8 heteroatoms. The molecule has 0 amide bonds. The third-order valence-electron chi connectivity index (χ3n) is 5.70. The number of rotatable bonds is 10. The minimum absolute atomic E-state index is 0. The minimum atomic E-state index is 0. The molecule has 1 fully saturated rings.